The van der Waals surface area contributed by atoms with Crippen LogP contribution in [0.4, 0.5) is 14.5 Å². The Kier molecular flexibility index (Phi) is 3.93. The number of nitrogen functional groups attached to an aromatic ring is 1. The molecule has 0 bridgehead atoms. The average molecular weight is 290 g/mol. The van der Waals surface area contributed by atoms with Crippen LogP contribution in [0.2, 0.25) is 0 Å². The van der Waals surface area contributed by atoms with E-state index in [1.165, 1.54) is 24.3 Å². The number of carbonyl (C=O) groups is 1. The summed E-state index contributed by atoms with van der Waals surface area (Å²) in [4.78, 5) is 12.2. The summed E-state index contributed by atoms with van der Waals surface area (Å²) in [6, 6.07) is 9.44. The third kappa shape index (κ3) is 3.37. The molecule has 0 heterocycles. The van der Waals surface area contributed by atoms with Gasteiger partial charge < -0.3 is 11.1 Å². The van der Waals surface area contributed by atoms with Crippen LogP contribution in [0.15, 0.2) is 42.5 Å². The Labute approximate surface area is 121 Å². The van der Waals surface area contributed by atoms with Crippen LogP contribution in [-0.2, 0) is 5.54 Å². The third-order valence-corrected chi connectivity index (χ3v) is 3.25. The Hall–Kier alpha value is -2.43. The Balaban J connectivity index is 2.25. The van der Waals surface area contributed by atoms with E-state index < -0.39 is 17.3 Å². The molecule has 0 fully saturated rings. The van der Waals surface area contributed by atoms with Crippen LogP contribution in [0.1, 0.15) is 29.8 Å². The van der Waals surface area contributed by atoms with E-state index in [2.05, 4.69) is 5.32 Å². The lowest BCUT2D eigenvalue weighted by atomic mass is 9.93. The number of nitrogens with two attached hydrogens (primary N) is 1. The molecule has 0 radical (unpaired) electrons. The van der Waals surface area contributed by atoms with Gasteiger partial charge in [-0.05, 0) is 49.7 Å². The summed E-state index contributed by atoms with van der Waals surface area (Å²) in [6.45, 7) is 3.54. The maximum Gasteiger partial charge on any atom is 0.254 e. The van der Waals surface area contributed by atoms with E-state index >= 15 is 0 Å². The minimum atomic E-state index is -0.746. The fourth-order valence-electron chi connectivity index (χ4n) is 2.02. The summed E-state index contributed by atoms with van der Waals surface area (Å²) in [7, 11) is 0. The second-order valence-corrected chi connectivity index (χ2v) is 5.32. The predicted octanol–water partition coefficient (Wildman–Crippen LogP) is 3.21. The molecule has 0 aromatic heterocycles. The van der Waals surface area contributed by atoms with Gasteiger partial charge in [0.25, 0.3) is 5.91 Å². The number of carbonyl (C=O) groups excluding carboxylic acids is 1. The van der Waals surface area contributed by atoms with Gasteiger partial charge in [0, 0.05) is 5.69 Å². The number of halogens is 2. The molecule has 0 atom stereocenters. The average Bonchev–Trinajstić information content (AvgIpc) is 2.41. The Morgan fingerprint density at radius 2 is 1.62 bits per heavy atom. The van der Waals surface area contributed by atoms with Crippen LogP contribution in [0.3, 0.4) is 0 Å². The lowest BCUT2D eigenvalue weighted by Crippen LogP contribution is -2.41. The van der Waals surface area contributed by atoms with Gasteiger partial charge >= 0.3 is 0 Å². The Morgan fingerprint density at radius 1 is 1.05 bits per heavy atom. The molecular weight excluding hydrogens is 274 g/mol. The van der Waals surface area contributed by atoms with Gasteiger partial charge in [0.15, 0.2) is 0 Å². The standard InChI is InChI=1S/C16H16F2N2O/c1-16(2,10-3-5-11(17)6-4-10)20-15(21)13-9-12(18)7-8-14(13)19/h3-9H,19H2,1-2H3,(H,20,21). The van der Waals surface area contributed by atoms with E-state index in [4.69, 9.17) is 5.73 Å². The highest BCUT2D eigenvalue weighted by Crippen LogP contribution is 2.22. The number of benzene rings is 2. The van der Waals surface area contributed by atoms with E-state index in [0.29, 0.717) is 0 Å². The zero-order chi connectivity index (χ0) is 15.6. The monoisotopic (exact) mass is 290 g/mol. The topological polar surface area (TPSA) is 55.1 Å². The normalized spacial score (nSPS) is 11.2. The van der Waals surface area contributed by atoms with E-state index in [1.807, 2.05) is 0 Å². The summed E-state index contributed by atoms with van der Waals surface area (Å²) >= 11 is 0. The summed E-state index contributed by atoms with van der Waals surface area (Å²) in [5, 5.41) is 2.77. The van der Waals surface area contributed by atoms with Crippen molar-refractivity contribution in [2.75, 3.05) is 5.73 Å². The van der Waals surface area contributed by atoms with Crippen molar-refractivity contribution in [2.45, 2.75) is 19.4 Å². The zero-order valence-corrected chi connectivity index (χ0v) is 11.8. The van der Waals surface area contributed by atoms with Crippen LogP contribution in [0, 0.1) is 11.6 Å². The fourth-order valence-corrected chi connectivity index (χ4v) is 2.02. The Bertz CT molecular complexity index is 666. The van der Waals surface area contributed by atoms with E-state index in [0.717, 1.165) is 11.6 Å². The third-order valence-electron chi connectivity index (χ3n) is 3.25. The van der Waals surface area contributed by atoms with Crippen molar-refractivity contribution in [3.8, 4) is 0 Å². The second-order valence-electron chi connectivity index (χ2n) is 5.32. The first-order valence-corrected chi connectivity index (χ1v) is 6.43. The number of rotatable bonds is 3. The van der Waals surface area contributed by atoms with Crippen LogP contribution in [0.25, 0.3) is 0 Å². The molecule has 2 rings (SSSR count). The minimum Gasteiger partial charge on any atom is -0.398 e. The van der Waals surface area contributed by atoms with Crippen LogP contribution < -0.4 is 11.1 Å². The zero-order valence-electron chi connectivity index (χ0n) is 11.8. The maximum absolute atomic E-state index is 13.2. The number of amides is 1. The van der Waals surface area contributed by atoms with Crippen molar-refractivity contribution in [1.82, 2.24) is 5.32 Å². The molecule has 3 nitrogen and oxygen atoms in total. The molecule has 0 aliphatic heterocycles. The highest BCUT2D eigenvalue weighted by Gasteiger charge is 2.24. The van der Waals surface area contributed by atoms with Gasteiger partial charge in [-0.2, -0.15) is 0 Å². The van der Waals surface area contributed by atoms with Crippen molar-refractivity contribution >= 4 is 11.6 Å². The largest absolute Gasteiger partial charge is 0.398 e. The highest BCUT2D eigenvalue weighted by atomic mass is 19.1. The van der Waals surface area contributed by atoms with Gasteiger partial charge in [0.05, 0.1) is 11.1 Å². The van der Waals surface area contributed by atoms with Gasteiger partial charge in [-0.3, -0.25) is 4.79 Å². The molecule has 2 aromatic rings. The molecule has 1 amide bonds. The summed E-state index contributed by atoms with van der Waals surface area (Å²) in [5.74, 6) is -1.37. The summed E-state index contributed by atoms with van der Waals surface area (Å²) in [5.41, 5.74) is 5.95. The van der Waals surface area contributed by atoms with E-state index in [9.17, 15) is 13.6 Å². The number of nitrogens with one attached hydrogen (secondary N) is 1. The predicted molar refractivity (Wildman–Crippen MR) is 77.7 cm³/mol. The first kappa shape index (κ1) is 15.0. The molecule has 110 valence electrons. The van der Waals surface area contributed by atoms with E-state index in [1.54, 1.807) is 26.0 Å². The van der Waals surface area contributed by atoms with Crippen LogP contribution >= 0.6 is 0 Å². The molecule has 0 spiro atoms. The quantitative estimate of drug-likeness (QED) is 0.853. The summed E-state index contributed by atoms with van der Waals surface area (Å²) in [6.07, 6.45) is 0. The molecule has 0 saturated carbocycles. The molecule has 0 unspecified atom stereocenters. The molecule has 0 aliphatic rings. The highest BCUT2D eigenvalue weighted by molar-refractivity contribution is 5.99. The molecule has 0 saturated heterocycles. The lowest BCUT2D eigenvalue weighted by Gasteiger charge is -2.27. The Morgan fingerprint density at radius 3 is 2.24 bits per heavy atom. The molecule has 3 N–H and O–H groups in total. The van der Waals surface area contributed by atoms with Gasteiger partial charge in [0.1, 0.15) is 11.6 Å². The molecule has 0 aliphatic carbocycles. The van der Waals surface area contributed by atoms with Crippen LogP contribution in [0.5, 0.6) is 0 Å². The van der Waals surface area contributed by atoms with Crippen LogP contribution in [-0.4, -0.2) is 5.91 Å². The second kappa shape index (κ2) is 5.52. The van der Waals surface area contributed by atoms with Gasteiger partial charge in [0.2, 0.25) is 0 Å². The minimum absolute atomic E-state index is 0.0742. The first-order valence-electron chi connectivity index (χ1n) is 6.43. The van der Waals surface area contributed by atoms with Crippen molar-refractivity contribution in [1.29, 1.82) is 0 Å². The van der Waals surface area contributed by atoms with Crippen molar-refractivity contribution in [2.24, 2.45) is 0 Å². The van der Waals surface area contributed by atoms with Gasteiger partial charge in [-0.25, -0.2) is 8.78 Å². The SMILES string of the molecule is CC(C)(NC(=O)c1cc(F)ccc1N)c1ccc(F)cc1. The molecule has 2 aromatic carbocycles. The maximum atomic E-state index is 13.2. The smallest absolute Gasteiger partial charge is 0.254 e. The van der Waals surface area contributed by atoms with Crippen molar-refractivity contribution in [3.05, 3.63) is 65.2 Å². The lowest BCUT2D eigenvalue weighted by molar-refractivity contribution is 0.0912. The van der Waals surface area contributed by atoms with Crippen molar-refractivity contribution in [3.63, 3.8) is 0 Å². The van der Waals surface area contributed by atoms with Crippen molar-refractivity contribution < 1.29 is 13.6 Å². The number of hydrogen-bond donors (Lipinski definition) is 2. The molecule has 5 heteroatoms. The fraction of sp³-hybridized carbons (Fsp3) is 0.188. The van der Waals surface area contributed by atoms with Gasteiger partial charge in [-0.1, -0.05) is 12.1 Å². The van der Waals surface area contributed by atoms with E-state index in [-0.39, 0.29) is 17.1 Å². The number of hydrogen-bond acceptors (Lipinski definition) is 2. The van der Waals surface area contributed by atoms with Gasteiger partial charge in [-0.15, -0.1) is 0 Å². The molecular formula is C16H16F2N2O. The number of anilines is 1. The summed E-state index contributed by atoms with van der Waals surface area (Å²) < 4.78 is 26.2. The first-order chi connectivity index (χ1) is 9.79. The molecule has 21 heavy (non-hydrogen) atoms.